The van der Waals surface area contributed by atoms with Crippen LogP contribution in [0.1, 0.15) is 32.3 Å². The largest absolute Gasteiger partial charge is 0.497 e. The number of hydrogen-bond donors (Lipinski definition) is 1. The maximum absolute atomic E-state index is 10.7. The average Bonchev–Trinajstić information content (AvgIpc) is 3.66. The molecule has 0 bridgehead atoms. The van der Waals surface area contributed by atoms with Gasteiger partial charge in [0.15, 0.2) is 0 Å². The molecule has 0 amide bonds. The molecule has 35 heavy (non-hydrogen) atoms. The molecule has 0 aliphatic heterocycles. The number of aromatic nitrogens is 2. The first-order valence-electron chi connectivity index (χ1n) is 12.4. The first-order chi connectivity index (χ1) is 16.9. The van der Waals surface area contributed by atoms with Gasteiger partial charge in [-0.1, -0.05) is 44.2 Å². The van der Waals surface area contributed by atoms with Crippen molar-refractivity contribution in [3.8, 4) is 28.6 Å². The molecule has 1 atom stereocenters. The Morgan fingerprint density at radius 1 is 1.03 bits per heavy atom. The van der Waals surface area contributed by atoms with Crippen LogP contribution in [0, 0.1) is 5.92 Å². The van der Waals surface area contributed by atoms with Gasteiger partial charge in [-0.15, -0.1) is 0 Å². The normalized spacial score (nSPS) is 14.5. The molecule has 1 heterocycles. The Bertz CT molecular complexity index is 1060. The van der Waals surface area contributed by atoms with Gasteiger partial charge >= 0.3 is 0 Å². The summed E-state index contributed by atoms with van der Waals surface area (Å²) in [6, 6.07) is 18.2. The Balaban J connectivity index is 1.60. The van der Waals surface area contributed by atoms with Gasteiger partial charge in [-0.25, -0.2) is 4.68 Å². The number of nitrogens with zero attached hydrogens (tertiary/aromatic N) is 3. The van der Waals surface area contributed by atoms with E-state index in [1.807, 2.05) is 49.5 Å². The summed E-state index contributed by atoms with van der Waals surface area (Å²) >= 11 is 0. The van der Waals surface area contributed by atoms with Crippen molar-refractivity contribution < 1.29 is 19.3 Å². The number of aliphatic hydroxyl groups is 1. The lowest BCUT2D eigenvalue weighted by molar-refractivity contribution is 0.00541. The predicted octanol–water partition coefficient (Wildman–Crippen LogP) is 4.89. The van der Waals surface area contributed by atoms with E-state index in [9.17, 15) is 5.11 Å². The fourth-order valence-electron chi connectivity index (χ4n) is 4.15. The lowest BCUT2D eigenvalue weighted by Crippen LogP contribution is -2.36. The summed E-state index contributed by atoms with van der Waals surface area (Å²) in [6.07, 6.45) is 1.72. The van der Waals surface area contributed by atoms with Crippen LogP contribution in [0.5, 0.6) is 17.4 Å². The molecule has 7 heteroatoms. The van der Waals surface area contributed by atoms with Crippen molar-refractivity contribution in [1.29, 1.82) is 0 Å². The molecule has 3 aromatic rings. The van der Waals surface area contributed by atoms with Crippen LogP contribution < -0.4 is 9.47 Å². The molecule has 1 aliphatic rings. The van der Waals surface area contributed by atoms with Gasteiger partial charge in [-0.2, -0.15) is 5.10 Å². The van der Waals surface area contributed by atoms with Crippen molar-refractivity contribution in [2.45, 2.75) is 45.4 Å². The molecule has 0 radical (unpaired) electrons. The first-order valence-corrected chi connectivity index (χ1v) is 12.4. The van der Waals surface area contributed by atoms with Crippen LogP contribution in [-0.4, -0.2) is 58.8 Å². The van der Waals surface area contributed by atoms with Crippen molar-refractivity contribution in [2.75, 3.05) is 26.9 Å². The van der Waals surface area contributed by atoms with E-state index >= 15 is 0 Å². The highest BCUT2D eigenvalue weighted by molar-refractivity contribution is 5.65. The van der Waals surface area contributed by atoms with E-state index in [-0.39, 0.29) is 0 Å². The van der Waals surface area contributed by atoms with E-state index in [1.54, 1.807) is 11.8 Å². The summed E-state index contributed by atoms with van der Waals surface area (Å²) in [6.45, 7) is 6.40. The highest BCUT2D eigenvalue weighted by atomic mass is 16.5. The molecular weight excluding hydrogens is 442 g/mol. The molecule has 0 spiro atoms. The Morgan fingerprint density at radius 3 is 2.34 bits per heavy atom. The zero-order valence-electron chi connectivity index (χ0n) is 21.2. The highest BCUT2D eigenvalue weighted by Gasteiger charge is 2.33. The summed E-state index contributed by atoms with van der Waals surface area (Å²) in [4.78, 5) is 2.34. The number of rotatable bonds is 13. The maximum atomic E-state index is 10.7. The molecule has 1 aliphatic carbocycles. The van der Waals surface area contributed by atoms with Crippen LogP contribution in [0.25, 0.3) is 11.3 Å². The molecule has 0 saturated heterocycles. The first kappa shape index (κ1) is 25.2. The lowest BCUT2D eigenvalue weighted by atomic mass is 10.1. The molecule has 1 aromatic heterocycles. The average molecular weight is 480 g/mol. The number of benzene rings is 2. The second-order valence-corrected chi connectivity index (χ2v) is 9.65. The molecule has 4 rings (SSSR count). The van der Waals surface area contributed by atoms with E-state index in [0.29, 0.717) is 44.1 Å². The summed E-state index contributed by atoms with van der Waals surface area (Å²) < 4.78 is 19.1. The van der Waals surface area contributed by atoms with Gasteiger partial charge in [0, 0.05) is 38.3 Å². The minimum Gasteiger partial charge on any atom is -0.497 e. The summed E-state index contributed by atoms with van der Waals surface area (Å²) in [5, 5.41) is 15.5. The molecule has 1 unspecified atom stereocenters. The molecule has 1 N–H and O–H groups in total. The van der Waals surface area contributed by atoms with E-state index in [1.165, 1.54) is 0 Å². The molecule has 2 aromatic carbocycles. The molecule has 188 valence electrons. The Morgan fingerprint density at radius 2 is 1.71 bits per heavy atom. The number of aryl methyl sites for hydroxylation is 1. The summed E-state index contributed by atoms with van der Waals surface area (Å²) in [5.74, 6) is 2.64. The van der Waals surface area contributed by atoms with Gasteiger partial charge in [-0.3, -0.25) is 4.90 Å². The second kappa shape index (κ2) is 11.7. The van der Waals surface area contributed by atoms with Gasteiger partial charge < -0.3 is 19.3 Å². The van der Waals surface area contributed by atoms with Crippen molar-refractivity contribution in [3.63, 3.8) is 0 Å². The quantitative estimate of drug-likeness (QED) is 0.377. The van der Waals surface area contributed by atoms with Gasteiger partial charge in [0.1, 0.15) is 17.2 Å². The monoisotopic (exact) mass is 479 g/mol. The number of aliphatic hydroxyl groups excluding tert-OH is 1. The van der Waals surface area contributed by atoms with Crippen molar-refractivity contribution in [3.05, 3.63) is 60.2 Å². The minimum absolute atomic E-state index is 0.342. The van der Waals surface area contributed by atoms with Crippen LogP contribution in [0.15, 0.2) is 54.6 Å². The van der Waals surface area contributed by atoms with Gasteiger partial charge in [-0.05, 0) is 43.0 Å². The van der Waals surface area contributed by atoms with E-state index in [0.717, 1.165) is 41.2 Å². The van der Waals surface area contributed by atoms with Gasteiger partial charge in [0.05, 0.1) is 25.4 Å². The van der Waals surface area contributed by atoms with Crippen molar-refractivity contribution in [2.24, 2.45) is 13.0 Å². The topological polar surface area (TPSA) is 69.0 Å². The predicted molar refractivity (Wildman–Crippen MR) is 137 cm³/mol. The highest BCUT2D eigenvalue weighted by Crippen LogP contribution is 2.37. The fraction of sp³-hybridized carbons (Fsp3) is 0.464. The number of hydrogen-bond acceptors (Lipinski definition) is 6. The summed E-state index contributed by atoms with van der Waals surface area (Å²) in [7, 11) is 3.56. The van der Waals surface area contributed by atoms with Crippen LogP contribution in [0.3, 0.4) is 0 Å². The molecular formula is C28H37N3O4. The SMILES string of the molecule is COc1ccc(Oc2c(CN(CC(O)COCC(C)C)C3CC3)c(-c3ccccc3)nn2C)cc1. The van der Waals surface area contributed by atoms with E-state index in [2.05, 4.69) is 30.9 Å². The Hall–Kier alpha value is -2.87. The third kappa shape index (κ3) is 6.84. The standard InChI is InChI=1S/C28H37N3O4/c1-20(2)18-34-19-23(32)16-31(22-10-11-22)17-26-27(21-8-6-5-7-9-21)29-30(3)28(26)35-25-14-12-24(33-4)13-15-25/h5-9,12-15,20,22-23,32H,10-11,16-19H2,1-4H3. The van der Waals surface area contributed by atoms with Crippen molar-refractivity contribution >= 4 is 0 Å². The fourth-order valence-corrected chi connectivity index (χ4v) is 4.15. The Labute approximate surface area is 208 Å². The van der Waals surface area contributed by atoms with Gasteiger partial charge in [0.2, 0.25) is 5.88 Å². The third-order valence-electron chi connectivity index (χ3n) is 6.04. The van der Waals surface area contributed by atoms with Crippen LogP contribution >= 0.6 is 0 Å². The van der Waals surface area contributed by atoms with E-state index in [4.69, 9.17) is 19.3 Å². The van der Waals surface area contributed by atoms with Crippen LogP contribution in [-0.2, 0) is 18.3 Å². The minimum atomic E-state index is -0.544. The second-order valence-electron chi connectivity index (χ2n) is 9.65. The lowest BCUT2D eigenvalue weighted by Gasteiger charge is -2.25. The zero-order valence-corrected chi connectivity index (χ0v) is 21.2. The van der Waals surface area contributed by atoms with Crippen LogP contribution in [0.4, 0.5) is 0 Å². The number of methoxy groups -OCH3 is 1. The number of ether oxygens (including phenoxy) is 3. The third-order valence-corrected chi connectivity index (χ3v) is 6.04. The maximum Gasteiger partial charge on any atom is 0.222 e. The van der Waals surface area contributed by atoms with E-state index < -0.39 is 6.10 Å². The van der Waals surface area contributed by atoms with Crippen LogP contribution in [0.2, 0.25) is 0 Å². The molecule has 7 nitrogen and oxygen atoms in total. The zero-order chi connectivity index (χ0) is 24.8. The summed E-state index contributed by atoms with van der Waals surface area (Å²) in [5.41, 5.74) is 2.95. The van der Waals surface area contributed by atoms with Crippen molar-refractivity contribution in [1.82, 2.24) is 14.7 Å². The Kier molecular flexibility index (Phi) is 8.44. The smallest absolute Gasteiger partial charge is 0.222 e. The van der Waals surface area contributed by atoms with Gasteiger partial charge in [0.25, 0.3) is 0 Å². The molecule has 1 fully saturated rings. The molecule has 1 saturated carbocycles.